The highest BCUT2D eigenvalue weighted by Gasteiger charge is 2.33. The van der Waals surface area contributed by atoms with Gasteiger partial charge < -0.3 is 19.5 Å². The molecule has 3 rings (SSSR count). The number of amides is 1. The summed E-state index contributed by atoms with van der Waals surface area (Å²) in [5.74, 6) is -0.596. The first-order chi connectivity index (χ1) is 14.3. The fraction of sp³-hybridized carbons (Fsp3) is 0.190. The SMILES string of the molecule is COc1cc(/C=C2\SC(=S)N(c3ccc(N(C)C)cc3)C2=O)ccc1OCC(=O)O. The number of ether oxygens (including phenoxy) is 2. The van der Waals surface area contributed by atoms with E-state index in [-0.39, 0.29) is 5.91 Å². The number of benzene rings is 2. The molecule has 0 radical (unpaired) electrons. The Kier molecular flexibility index (Phi) is 6.63. The van der Waals surface area contributed by atoms with Crippen LogP contribution in [0.3, 0.4) is 0 Å². The first-order valence-electron chi connectivity index (χ1n) is 8.88. The van der Waals surface area contributed by atoms with Crippen molar-refractivity contribution in [2.45, 2.75) is 0 Å². The number of methoxy groups -OCH3 is 1. The molecule has 1 heterocycles. The quantitative estimate of drug-likeness (QED) is 0.512. The van der Waals surface area contributed by atoms with Crippen LogP contribution in [-0.2, 0) is 9.59 Å². The molecule has 7 nitrogen and oxygen atoms in total. The van der Waals surface area contributed by atoms with Crippen LogP contribution in [0, 0.1) is 0 Å². The first kappa shape index (κ1) is 21.7. The number of rotatable bonds is 7. The molecule has 1 fully saturated rings. The molecular weight excluding hydrogens is 424 g/mol. The minimum Gasteiger partial charge on any atom is -0.493 e. The van der Waals surface area contributed by atoms with Crippen molar-refractivity contribution in [2.24, 2.45) is 0 Å². The van der Waals surface area contributed by atoms with Crippen molar-refractivity contribution in [2.75, 3.05) is 37.6 Å². The van der Waals surface area contributed by atoms with Gasteiger partial charge in [0.05, 0.1) is 17.7 Å². The lowest BCUT2D eigenvalue weighted by Gasteiger charge is -2.17. The molecule has 0 spiro atoms. The molecular formula is C21H20N2O5S2. The number of aliphatic carboxylic acids is 1. The van der Waals surface area contributed by atoms with Gasteiger partial charge in [0.25, 0.3) is 5.91 Å². The van der Waals surface area contributed by atoms with Gasteiger partial charge in [-0.1, -0.05) is 30.0 Å². The standard InChI is InChI=1S/C21H20N2O5S2/c1-22(2)14-5-7-15(8-6-14)23-20(26)18(30-21(23)29)11-13-4-9-16(17(10-13)27-3)28-12-19(24)25/h4-11H,12H2,1-3H3,(H,24,25)/b18-11-. The highest BCUT2D eigenvalue weighted by Crippen LogP contribution is 2.37. The van der Waals surface area contributed by atoms with Crippen LogP contribution < -0.4 is 19.3 Å². The van der Waals surface area contributed by atoms with Crippen LogP contribution in [0.15, 0.2) is 47.4 Å². The Morgan fingerprint density at radius 2 is 1.90 bits per heavy atom. The van der Waals surface area contributed by atoms with Crippen molar-refractivity contribution in [3.05, 3.63) is 52.9 Å². The molecule has 2 aromatic carbocycles. The summed E-state index contributed by atoms with van der Waals surface area (Å²) in [5, 5.41) is 8.76. The molecule has 0 bridgehead atoms. The Morgan fingerprint density at radius 3 is 2.50 bits per heavy atom. The van der Waals surface area contributed by atoms with E-state index in [2.05, 4.69) is 0 Å². The summed E-state index contributed by atoms with van der Waals surface area (Å²) in [6, 6.07) is 12.6. The molecule has 1 saturated heterocycles. The van der Waals surface area contributed by atoms with Crippen molar-refractivity contribution in [3.8, 4) is 11.5 Å². The lowest BCUT2D eigenvalue weighted by Crippen LogP contribution is -2.27. The number of hydrogen-bond donors (Lipinski definition) is 1. The van der Waals surface area contributed by atoms with E-state index in [4.69, 9.17) is 26.8 Å². The van der Waals surface area contributed by atoms with Crippen molar-refractivity contribution in [1.29, 1.82) is 0 Å². The summed E-state index contributed by atoms with van der Waals surface area (Å²) in [6.07, 6.45) is 1.72. The maximum atomic E-state index is 13.0. The van der Waals surface area contributed by atoms with Crippen molar-refractivity contribution < 1.29 is 24.2 Å². The van der Waals surface area contributed by atoms with Gasteiger partial charge in [-0.05, 0) is 48.0 Å². The summed E-state index contributed by atoms with van der Waals surface area (Å²) in [4.78, 5) is 27.6. The maximum absolute atomic E-state index is 13.0. The second-order valence-corrected chi connectivity index (χ2v) is 8.20. The normalized spacial score (nSPS) is 14.9. The van der Waals surface area contributed by atoms with Gasteiger partial charge in [-0.25, -0.2) is 4.79 Å². The predicted molar refractivity (Wildman–Crippen MR) is 123 cm³/mol. The third-order valence-corrected chi connectivity index (χ3v) is 5.56. The number of thiocarbonyl (C=S) groups is 1. The highest BCUT2D eigenvalue weighted by molar-refractivity contribution is 8.27. The van der Waals surface area contributed by atoms with E-state index in [1.165, 1.54) is 23.8 Å². The largest absolute Gasteiger partial charge is 0.493 e. The Labute approximate surface area is 183 Å². The Hall–Kier alpha value is -3.04. The molecule has 0 atom stereocenters. The molecule has 30 heavy (non-hydrogen) atoms. The smallest absolute Gasteiger partial charge is 0.341 e. The molecule has 0 aliphatic carbocycles. The van der Waals surface area contributed by atoms with E-state index < -0.39 is 12.6 Å². The first-order valence-corrected chi connectivity index (χ1v) is 10.1. The lowest BCUT2D eigenvalue weighted by molar-refractivity contribution is -0.139. The van der Waals surface area contributed by atoms with Crippen LogP contribution in [-0.4, -0.2) is 49.1 Å². The van der Waals surface area contributed by atoms with E-state index in [0.29, 0.717) is 32.0 Å². The van der Waals surface area contributed by atoms with E-state index >= 15 is 0 Å². The van der Waals surface area contributed by atoms with Crippen LogP contribution >= 0.6 is 24.0 Å². The summed E-state index contributed by atoms with van der Waals surface area (Å²) in [7, 11) is 5.36. The summed E-state index contributed by atoms with van der Waals surface area (Å²) in [5.41, 5.74) is 2.44. The summed E-state index contributed by atoms with van der Waals surface area (Å²) in [6.45, 7) is -0.471. The minimum atomic E-state index is -1.08. The van der Waals surface area contributed by atoms with Crippen LogP contribution in [0.2, 0.25) is 0 Å². The van der Waals surface area contributed by atoms with Gasteiger partial charge >= 0.3 is 5.97 Å². The number of carboxylic acid groups (broad SMARTS) is 1. The zero-order valence-corrected chi connectivity index (χ0v) is 18.3. The molecule has 0 unspecified atom stereocenters. The van der Waals surface area contributed by atoms with Crippen LogP contribution in [0.4, 0.5) is 11.4 Å². The van der Waals surface area contributed by atoms with Crippen LogP contribution in [0.5, 0.6) is 11.5 Å². The molecule has 0 aromatic heterocycles. The van der Waals surface area contributed by atoms with Gasteiger partial charge in [0.2, 0.25) is 0 Å². The number of hydrogen-bond acceptors (Lipinski definition) is 7. The number of thioether (sulfide) groups is 1. The van der Waals surface area contributed by atoms with Crippen LogP contribution in [0.25, 0.3) is 6.08 Å². The number of nitrogens with zero attached hydrogens (tertiary/aromatic N) is 2. The highest BCUT2D eigenvalue weighted by atomic mass is 32.2. The van der Waals surface area contributed by atoms with Gasteiger partial charge in [-0.3, -0.25) is 9.69 Å². The van der Waals surface area contributed by atoms with Gasteiger partial charge in [0, 0.05) is 19.8 Å². The third kappa shape index (κ3) is 4.74. The average Bonchev–Trinajstić information content (AvgIpc) is 2.99. The van der Waals surface area contributed by atoms with Gasteiger partial charge in [0.15, 0.2) is 22.4 Å². The molecule has 1 N–H and O–H groups in total. The van der Waals surface area contributed by atoms with Gasteiger partial charge in [-0.15, -0.1) is 0 Å². The van der Waals surface area contributed by atoms with Crippen molar-refractivity contribution >= 4 is 57.6 Å². The Bertz CT molecular complexity index is 1020. The average molecular weight is 445 g/mol. The topological polar surface area (TPSA) is 79.3 Å². The second-order valence-electron chi connectivity index (χ2n) is 6.52. The van der Waals surface area contributed by atoms with Gasteiger partial charge in [-0.2, -0.15) is 0 Å². The minimum absolute atomic E-state index is 0.201. The maximum Gasteiger partial charge on any atom is 0.341 e. The number of carbonyl (C=O) groups is 2. The van der Waals surface area contributed by atoms with E-state index in [0.717, 1.165) is 5.69 Å². The van der Waals surface area contributed by atoms with Crippen molar-refractivity contribution in [1.82, 2.24) is 0 Å². The van der Waals surface area contributed by atoms with Gasteiger partial charge in [0.1, 0.15) is 0 Å². The van der Waals surface area contributed by atoms with Crippen molar-refractivity contribution in [3.63, 3.8) is 0 Å². The van der Waals surface area contributed by atoms with Crippen LogP contribution in [0.1, 0.15) is 5.56 Å². The monoisotopic (exact) mass is 444 g/mol. The summed E-state index contributed by atoms with van der Waals surface area (Å²) < 4.78 is 10.9. The molecule has 1 aliphatic rings. The fourth-order valence-electron chi connectivity index (χ4n) is 2.77. The second kappa shape index (κ2) is 9.19. The number of carboxylic acids is 1. The predicted octanol–water partition coefficient (Wildman–Crippen LogP) is 3.63. The fourth-order valence-corrected chi connectivity index (χ4v) is 4.07. The number of carbonyl (C=O) groups excluding carboxylic acids is 1. The zero-order chi connectivity index (χ0) is 21.8. The molecule has 1 aliphatic heterocycles. The number of anilines is 2. The third-order valence-electron chi connectivity index (χ3n) is 4.25. The Morgan fingerprint density at radius 1 is 1.20 bits per heavy atom. The summed E-state index contributed by atoms with van der Waals surface area (Å²) >= 11 is 6.64. The van der Waals surface area contributed by atoms with E-state index in [1.54, 1.807) is 24.3 Å². The zero-order valence-electron chi connectivity index (χ0n) is 16.6. The molecule has 9 heteroatoms. The van der Waals surface area contributed by atoms with E-state index in [9.17, 15) is 9.59 Å². The Balaban J connectivity index is 1.83. The molecule has 156 valence electrons. The molecule has 0 saturated carbocycles. The molecule has 2 aromatic rings. The molecule has 1 amide bonds. The lowest BCUT2D eigenvalue weighted by atomic mass is 10.1. The van der Waals surface area contributed by atoms with E-state index in [1.807, 2.05) is 43.3 Å².